The van der Waals surface area contributed by atoms with Crippen molar-refractivity contribution in [3.8, 4) is 0 Å². The number of rotatable bonds is 8. The summed E-state index contributed by atoms with van der Waals surface area (Å²) in [7, 11) is 0. The van der Waals surface area contributed by atoms with Gasteiger partial charge in [-0.3, -0.25) is 4.79 Å². The molecule has 0 bridgehead atoms. The maximum atomic E-state index is 13.6. The fraction of sp³-hybridized carbons (Fsp3) is 0.800. The molecule has 19 heavy (non-hydrogen) atoms. The average molecular weight is 274 g/mol. The predicted octanol–water partition coefficient (Wildman–Crippen LogP) is 3.88. The van der Waals surface area contributed by atoms with Gasteiger partial charge in [-0.25, -0.2) is 8.78 Å². The van der Waals surface area contributed by atoms with E-state index in [0.717, 1.165) is 6.42 Å². The van der Waals surface area contributed by atoms with Crippen molar-refractivity contribution >= 4 is 5.78 Å². The summed E-state index contributed by atoms with van der Waals surface area (Å²) in [6.07, 6.45) is 1.62. The number of hydrogen-bond acceptors (Lipinski definition) is 2. The lowest BCUT2D eigenvalue weighted by Gasteiger charge is -2.23. The number of aliphatic hydroxyl groups is 1. The van der Waals surface area contributed by atoms with Crippen LogP contribution in [0, 0.1) is 5.92 Å². The Morgan fingerprint density at radius 2 is 2.26 bits per heavy atom. The second-order valence-corrected chi connectivity index (χ2v) is 5.69. The molecule has 1 aliphatic rings. The lowest BCUT2D eigenvalue weighted by molar-refractivity contribution is -0.117. The minimum Gasteiger partial charge on any atom is -0.387 e. The van der Waals surface area contributed by atoms with Crippen molar-refractivity contribution in [2.45, 2.75) is 70.3 Å². The number of alkyl halides is 2. The first-order valence-electron chi connectivity index (χ1n) is 7.09. The summed E-state index contributed by atoms with van der Waals surface area (Å²) in [5.41, 5.74) is 0.628. The Labute approximate surface area is 113 Å². The van der Waals surface area contributed by atoms with E-state index in [1.807, 2.05) is 6.92 Å². The van der Waals surface area contributed by atoms with Gasteiger partial charge in [-0.15, -0.1) is 0 Å². The van der Waals surface area contributed by atoms with Crippen LogP contribution in [0.15, 0.2) is 12.2 Å². The summed E-state index contributed by atoms with van der Waals surface area (Å²) in [6.45, 7) is 5.62. The molecule has 1 rings (SSSR count). The first-order valence-corrected chi connectivity index (χ1v) is 7.09. The predicted molar refractivity (Wildman–Crippen MR) is 71.2 cm³/mol. The van der Waals surface area contributed by atoms with Crippen LogP contribution in [0.4, 0.5) is 8.78 Å². The molecule has 1 aliphatic carbocycles. The molecule has 110 valence electrons. The molecule has 0 aromatic carbocycles. The average Bonchev–Trinajstić information content (AvgIpc) is 2.71. The molecule has 4 heteroatoms. The van der Waals surface area contributed by atoms with Crippen LogP contribution in [0.5, 0.6) is 0 Å². The summed E-state index contributed by atoms with van der Waals surface area (Å²) >= 11 is 0. The van der Waals surface area contributed by atoms with Crippen molar-refractivity contribution in [2.24, 2.45) is 5.92 Å². The van der Waals surface area contributed by atoms with Gasteiger partial charge in [0.15, 0.2) is 0 Å². The quantitative estimate of drug-likeness (QED) is 0.682. The topological polar surface area (TPSA) is 37.3 Å². The number of unbranched alkanes of at least 4 members (excludes halogenated alkanes) is 1. The number of ketones is 1. The Balaban J connectivity index is 2.36. The highest BCUT2D eigenvalue weighted by molar-refractivity contribution is 5.80. The number of aliphatic hydroxyl groups excluding tert-OH is 1. The minimum atomic E-state index is -3.04. The van der Waals surface area contributed by atoms with Crippen LogP contribution in [0.3, 0.4) is 0 Å². The smallest absolute Gasteiger partial charge is 0.273 e. The fourth-order valence-corrected chi connectivity index (χ4v) is 2.56. The SMILES string of the molecule is C=C(CC1CCC(=O)C1)CC(O)C(F)(F)CCCC. The van der Waals surface area contributed by atoms with Gasteiger partial charge in [-0.1, -0.05) is 25.5 Å². The molecular weight excluding hydrogens is 250 g/mol. The van der Waals surface area contributed by atoms with Gasteiger partial charge in [0, 0.05) is 19.3 Å². The van der Waals surface area contributed by atoms with Gasteiger partial charge in [0.2, 0.25) is 0 Å². The highest BCUT2D eigenvalue weighted by Gasteiger charge is 2.37. The van der Waals surface area contributed by atoms with Crippen LogP contribution in [0.2, 0.25) is 0 Å². The van der Waals surface area contributed by atoms with E-state index in [0.29, 0.717) is 37.7 Å². The molecule has 2 nitrogen and oxygen atoms in total. The molecule has 2 atom stereocenters. The van der Waals surface area contributed by atoms with E-state index < -0.39 is 12.0 Å². The molecular formula is C15H24F2O2. The molecule has 0 amide bonds. The summed E-state index contributed by atoms with van der Waals surface area (Å²) in [5.74, 6) is -2.56. The zero-order valence-corrected chi connectivity index (χ0v) is 11.6. The first-order chi connectivity index (χ1) is 8.85. The van der Waals surface area contributed by atoms with Gasteiger partial charge in [0.25, 0.3) is 5.92 Å². The number of carbonyl (C=O) groups excluding carboxylic acids is 1. The molecule has 0 aromatic rings. The summed E-state index contributed by atoms with van der Waals surface area (Å²) in [5, 5.41) is 9.62. The maximum Gasteiger partial charge on any atom is 0.273 e. The Kier molecular flexibility index (Phi) is 6.11. The molecule has 1 saturated carbocycles. The lowest BCUT2D eigenvalue weighted by atomic mass is 9.93. The van der Waals surface area contributed by atoms with E-state index in [2.05, 4.69) is 6.58 Å². The van der Waals surface area contributed by atoms with Crippen molar-refractivity contribution in [3.63, 3.8) is 0 Å². The molecule has 2 unspecified atom stereocenters. The van der Waals surface area contributed by atoms with E-state index in [9.17, 15) is 18.7 Å². The van der Waals surface area contributed by atoms with Gasteiger partial charge in [-0.05, 0) is 31.6 Å². The number of Topliss-reactive ketones (excluding diaryl/α,β-unsaturated/α-hetero) is 1. The molecule has 0 aromatic heterocycles. The summed E-state index contributed by atoms with van der Waals surface area (Å²) in [4.78, 5) is 11.1. The zero-order valence-electron chi connectivity index (χ0n) is 11.6. The van der Waals surface area contributed by atoms with Crippen LogP contribution >= 0.6 is 0 Å². The monoisotopic (exact) mass is 274 g/mol. The summed E-state index contributed by atoms with van der Waals surface area (Å²) in [6, 6.07) is 0. The Morgan fingerprint density at radius 3 is 2.79 bits per heavy atom. The number of halogens is 2. The highest BCUT2D eigenvalue weighted by Crippen LogP contribution is 2.33. The van der Waals surface area contributed by atoms with Crippen molar-refractivity contribution in [3.05, 3.63) is 12.2 Å². The van der Waals surface area contributed by atoms with Crippen LogP contribution in [0.25, 0.3) is 0 Å². The van der Waals surface area contributed by atoms with E-state index in [1.54, 1.807) is 0 Å². The van der Waals surface area contributed by atoms with Gasteiger partial charge in [0.05, 0.1) is 0 Å². The second kappa shape index (κ2) is 7.13. The molecule has 0 aliphatic heterocycles. The largest absolute Gasteiger partial charge is 0.387 e. The fourth-order valence-electron chi connectivity index (χ4n) is 2.56. The maximum absolute atomic E-state index is 13.6. The Morgan fingerprint density at radius 1 is 1.58 bits per heavy atom. The lowest BCUT2D eigenvalue weighted by Crippen LogP contribution is -2.33. The van der Waals surface area contributed by atoms with E-state index in [1.165, 1.54) is 0 Å². The standard InChI is InChI=1S/C15H24F2O2/c1-3-4-7-15(16,17)14(19)9-11(2)8-12-5-6-13(18)10-12/h12,14,19H,2-10H2,1H3. The van der Waals surface area contributed by atoms with Crippen LogP contribution in [0.1, 0.15) is 58.3 Å². The van der Waals surface area contributed by atoms with Crippen LogP contribution in [-0.4, -0.2) is 22.9 Å². The third kappa shape index (κ3) is 5.39. The van der Waals surface area contributed by atoms with Crippen molar-refractivity contribution in [1.82, 2.24) is 0 Å². The second-order valence-electron chi connectivity index (χ2n) is 5.69. The Bertz CT molecular complexity index is 326. The molecule has 0 spiro atoms. The molecule has 0 saturated heterocycles. The molecule has 1 fully saturated rings. The zero-order chi connectivity index (χ0) is 14.5. The van der Waals surface area contributed by atoms with E-state index in [-0.39, 0.29) is 24.5 Å². The number of hydrogen-bond donors (Lipinski definition) is 1. The summed E-state index contributed by atoms with van der Waals surface area (Å²) < 4.78 is 27.2. The Hall–Kier alpha value is -0.770. The van der Waals surface area contributed by atoms with Gasteiger partial charge < -0.3 is 5.11 Å². The van der Waals surface area contributed by atoms with E-state index >= 15 is 0 Å². The minimum absolute atomic E-state index is 0.0681. The van der Waals surface area contributed by atoms with Gasteiger partial charge in [0.1, 0.15) is 11.9 Å². The van der Waals surface area contributed by atoms with Crippen LogP contribution < -0.4 is 0 Å². The third-order valence-electron chi connectivity index (χ3n) is 3.76. The van der Waals surface area contributed by atoms with Crippen molar-refractivity contribution in [1.29, 1.82) is 0 Å². The first kappa shape index (κ1) is 16.3. The van der Waals surface area contributed by atoms with Crippen LogP contribution in [-0.2, 0) is 4.79 Å². The van der Waals surface area contributed by atoms with E-state index in [4.69, 9.17) is 0 Å². The molecule has 0 radical (unpaired) electrons. The highest BCUT2D eigenvalue weighted by atomic mass is 19.3. The normalized spacial score (nSPS) is 21.7. The van der Waals surface area contributed by atoms with Gasteiger partial charge in [-0.2, -0.15) is 0 Å². The van der Waals surface area contributed by atoms with Crippen molar-refractivity contribution in [2.75, 3.05) is 0 Å². The third-order valence-corrected chi connectivity index (χ3v) is 3.76. The number of carbonyl (C=O) groups is 1. The van der Waals surface area contributed by atoms with Crippen molar-refractivity contribution < 1.29 is 18.7 Å². The molecule has 1 N–H and O–H groups in total. The molecule has 0 heterocycles. The van der Waals surface area contributed by atoms with Gasteiger partial charge >= 0.3 is 0 Å².